The van der Waals surface area contributed by atoms with E-state index in [-0.39, 0.29) is 11.6 Å². The summed E-state index contributed by atoms with van der Waals surface area (Å²) < 4.78 is 7.17. The molecule has 0 bridgehead atoms. The molecule has 1 aliphatic rings. The summed E-state index contributed by atoms with van der Waals surface area (Å²) in [6.45, 7) is 4.99. The lowest BCUT2D eigenvalue weighted by atomic mass is 10.1. The van der Waals surface area contributed by atoms with Gasteiger partial charge < -0.3 is 14.7 Å². The van der Waals surface area contributed by atoms with Gasteiger partial charge in [-0.3, -0.25) is 4.79 Å². The van der Waals surface area contributed by atoms with Gasteiger partial charge in [-0.25, -0.2) is 14.6 Å². The van der Waals surface area contributed by atoms with E-state index in [2.05, 4.69) is 27.4 Å². The maximum absolute atomic E-state index is 12.6. The largest absolute Gasteiger partial charge is 0.356 e. The van der Waals surface area contributed by atoms with Gasteiger partial charge in [0, 0.05) is 31.3 Å². The van der Waals surface area contributed by atoms with Crippen LogP contribution >= 0.6 is 11.8 Å². The molecule has 5 rings (SSSR count). The molecule has 3 aromatic heterocycles. The van der Waals surface area contributed by atoms with E-state index in [1.165, 1.54) is 19.3 Å². The number of thioether (sulfide) groups is 1. The highest BCUT2D eigenvalue weighted by Crippen LogP contribution is 2.29. The van der Waals surface area contributed by atoms with Crippen LogP contribution in [0, 0.1) is 0 Å². The van der Waals surface area contributed by atoms with E-state index in [0.29, 0.717) is 18.8 Å². The maximum atomic E-state index is 12.6. The Bertz CT molecular complexity index is 1270. The Morgan fingerprint density at radius 3 is 2.76 bits per heavy atom. The van der Waals surface area contributed by atoms with E-state index in [9.17, 15) is 4.79 Å². The highest BCUT2D eigenvalue weighted by Gasteiger charge is 2.20. The molecule has 0 radical (unpaired) electrons. The van der Waals surface area contributed by atoms with E-state index in [0.717, 1.165) is 46.4 Å². The number of amides is 1. The predicted octanol–water partition coefficient (Wildman–Crippen LogP) is 4.01. The number of anilines is 1. The number of nitrogens with zero attached hydrogens (tertiary/aromatic N) is 6. The number of piperidine rings is 1. The van der Waals surface area contributed by atoms with Gasteiger partial charge in [0.25, 0.3) is 5.91 Å². The Labute approximate surface area is 201 Å². The van der Waals surface area contributed by atoms with Crippen LogP contribution in [0.4, 0.5) is 5.82 Å². The van der Waals surface area contributed by atoms with Crippen molar-refractivity contribution in [3.8, 4) is 11.3 Å². The molecule has 0 aliphatic carbocycles. The molecule has 0 saturated carbocycles. The Hall–Kier alpha value is -3.40. The van der Waals surface area contributed by atoms with Gasteiger partial charge >= 0.3 is 0 Å². The standard InChI is InChI=1S/C24H27N7O2S/c1-2-34-24-27-21(30-12-7-4-8-13-30)18-16-26-31(22(18)28-24)14-11-25-23(32)19-15-20(33-29-19)17-9-5-3-6-10-17/h3,5-6,9-10,15-16H,2,4,7-8,11-14H2,1H3,(H,25,32). The first kappa shape index (κ1) is 22.4. The molecule has 0 unspecified atom stereocenters. The Balaban J connectivity index is 1.29. The third-order valence-electron chi connectivity index (χ3n) is 5.79. The molecule has 4 aromatic rings. The molecule has 34 heavy (non-hydrogen) atoms. The van der Waals surface area contributed by atoms with Crippen LogP contribution in [0.5, 0.6) is 0 Å². The highest BCUT2D eigenvalue weighted by molar-refractivity contribution is 7.99. The molecule has 1 fully saturated rings. The fourth-order valence-electron chi connectivity index (χ4n) is 4.11. The van der Waals surface area contributed by atoms with Crippen LogP contribution in [-0.2, 0) is 6.54 Å². The van der Waals surface area contributed by atoms with Crippen molar-refractivity contribution in [2.75, 3.05) is 30.3 Å². The molecule has 1 aliphatic heterocycles. The number of rotatable bonds is 8. The highest BCUT2D eigenvalue weighted by atomic mass is 32.2. The Morgan fingerprint density at radius 2 is 1.97 bits per heavy atom. The average Bonchev–Trinajstić information content (AvgIpc) is 3.53. The molecule has 9 nitrogen and oxygen atoms in total. The number of nitrogens with one attached hydrogen (secondary N) is 1. The molecule has 176 valence electrons. The van der Waals surface area contributed by atoms with Crippen LogP contribution in [0.1, 0.15) is 36.7 Å². The van der Waals surface area contributed by atoms with Gasteiger partial charge in [0.1, 0.15) is 5.82 Å². The number of hydrogen-bond donors (Lipinski definition) is 1. The second-order valence-corrected chi connectivity index (χ2v) is 9.35. The Kier molecular flexibility index (Phi) is 6.75. The van der Waals surface area contributed by atoms with E-state index >= 15 is 0 Å². The minimum Gasteiger partial charge on any atom is -0.356 e. The van der Waals surface area contributed by atoms with E-state index < -0.39 is 0 Å². The number of hydrogen-bond acceptors (Lipinski definition) is 8. The quantitative estimate of drug-likeness (QED) is 0.300. The molecule has 1 amide bonds. The summed E-state index contributed by atoms with van der Waals surface area (Å²) >= 11 is 1.63. The van der Waals surface area contributed by atoms with Crippen LogP contribution in [-0.4, -0.2) is 56.2 Å². The van der Waals surface area contributed by atoms with Gasteiger partial charge in [-0.2, -0.15) is 5.10 Å². The van der Waals surface area contributed by atoms with Gasteiger partial charge in [0.05, 0.1) is 18.1 Å². The van der Waals surface area contributed by atoms with E-state index in [1.54, 1.807) is 17.8 Å². The predicted molar refractivity (Wildman–Crippen MR) is 132 cm³/mol. The Morgan fingerprint density at radius 1 is 1.15 bits per heavy atom. The number of carbonyl (C=O) groups is 1. The summed E-state index contributed by atoms with van der Waals surface area (Å²) in [5.41, 5.74) is 1.93. The van der Waals surface area contributed by atoms with Crippen LogP contribution in [0.15, 0.2) is 52.3 Å². The third-order valence-corrected chi connectivity index (χ3v) is 6.52. The SMILES string of the molecule is CCSc1nc(N2CCCCC2)c2cnn(CCNC(=O)c3cc(-c4ccccc4)on3)c2n1. The van der Waals surface area contributed by atoms with E-state index in [1.807, 2.05) is 41.2 Å². The smallest absolute Gasteiger partial charge is 0.273 e. The second kappa shape index (κ2) is 10.3. The summed E-state index contributed by atoms with van der Waals surface area (Å²) in [5.74, 6) is 2.14. The zero-order valence-electron chi connectivity index (χ0n) is 19.1. The second-order valence-electron chi connectivity index (χ2n) is 8.11. The molecule has 0 atom stereocenters. The number of carbonyl (C=O) groups excluding carboxylic acids is 1. The van der Waals surface area contributed by atoms with Gasteiger partial charge in [-0.05, 0) is 25.0 Å². The zero-order valence-corrected chi connectivity index (χ0v) is 19.9. The fourth-order valence-corrected chi connectivity index (χ4v) is 4.67. The van der Waals surface area contributed by atoms with Gasteiger partial charge in [-0.15, -0.1) is 0 Å². The molecule has 1 aromatic carbocycles. The van der Waals surface area contributed by atoms with Crippen LogP contribution in [0.25, 0.3) is 22.4 Å². The van der Waals surface area contributed by atoms with Gasteiger partial charge in [0.2, 0.25) is 0 Å². The minimum atomic E-state index is -0.284. The van der Waals surface area contributed by atoms with Crippen molar-refractivity contribution in [2.24, 2.45) is 0 Å². The number of fused-ring (bicyclic) bond motifs is 1. The molecule has 10 heteroatoms. The number of aromatic nitrogens is 5. The van der Waals surface area contributed by atoms with E-state index in [4.69, 9.17) is 14.5 Å². The summed E-state index contributed by atoms with van der Waals surface area (Å²) in [6.07, 6.45) is 5.45. The lowest BCUT2D eigenvalue weighted by molar-refractivity contribution is 0.0943. The molecular formula is C24H27N7O2S. The van der Waals surface area contributed by atoms with Crippen LogP contribution in [0.3, 0.4) is 0 Å². The first-order valence-corrected chi connectivity index (χ1v) is 12.6. The summed E-state index contributed by atoms with van der Waals surface area (Å²) in [5, 5.41) is 13.1. The van der Waals surface area contributed by atoms with Crippen molar-refractivity contribution in [1.82, 2.24) is 30.2 Å². The summed E-state index contributed by atoms with van der Waals surface area (Å²) in [4.78, 5) is 24.5. The summed E-state index contributed by atoms with van der Waals surface area (Å²) in [6, 6.07) is 11.2. The lowest BCUT2D eigenvalue weighted by Gasteiger charge is -2.28. The minimum absolute atomic E-state index is 0.250. The van der Waals surface area contributed by atoms with Crippen LogP contribution in [0.2, 0.25) is 0 Å². The van der Waals surface area contributed by atoms with Gasteiger partial charge in [0.15, 0.2) is 22.3 Å². The molecule has 0 spiro atoms. The molecule has 1 saturated heterocycles. The first-order valence-electron chi connectivity index (χ1n) is 11.6. The normalized spacial score (nSPS) is 14.0. The lowest BCUT2D eigenvalue weighted by Crippen LogP contribution is -2.30. The molecule has 4 heterocycles. The van der Waals surface area contributed by atoms with Crippen molar-refractivity contribution >= 4 is 34.5 Å². The molecule has 1 N–H and O–H groups in total. The number of benzene rings is 1. The molecular weight excluding hydrogens is 450 g/mol. The third kappa shape index (κ3) is 4.77. The monoisotopic (exact) mass is 477 g/mol. The fraction of sp³-hybridized carbons (Fsp3) is 0.375. The topological polar surface area (TPSA) is 102 Å². The van der Waals surface area contributed by atoms with Crippen molar-refractivity contribution < 1.29 is 9.32 Å². The van der Waals surface area contributed by atoms with Crippen LogP contribution < -0.4 is 10.2 Å². The van der Waals surface area contributed by atoms with Gasteiger partial charge in [-0.1, -0.05) is 54.2 Å². The van der Waals surface area contributed by atoms with Crippen molar-refractivity contribution in [1.29, 1.82) is 0 Å². The average molecular weight is 478 g/mol. The van der Waals surface area contributed by atoms with Crippen molar-refractivity contribution in [3.05, 3.63) is 48.3 Å². The van der Waals surface area contributed by atoms with Crippen molar-refractivity contribution in [2.45, 2.75) is 37.9 Å². The maximum Gasteiger partial charge on any atom is 0.273 e. The first-order chi connectivity index (χ1) is 16.7. The van der Waals surface area contributed by atoms with Crippen molar-refractivity contribution in [3.63, 3.8) is 0 Å². The zero-order chi connectivity index (χ0) is 23.3. The summed E-state index contributed by atoms with van der Waals surface area (Å²) in [7, 11) is 0.